The molecular formula is C19H20N2O3S. The van der Waals surface area contributed by atoms with Crippen LogP contribution in [-0.4, -0.2) is 18.6 Å². The lowest BCUT2D eigenvalue weighted by molar-refractivity contribution is -0.106. The summed E-state index contributed by atoms with van der Waals surface area (Å²) >= 11 is 1.56. The minimum Gasteiger partial charge on any atom is -0.497 e. The fraction of sp³-hybridized carbons (Fsp3) is 0.105. The Bertz CT molecular complexity index is 829. The van der Waals surface area contributed by atoms with E-state index in [-0.39, 0.29) is 13.0 Å². The van der Waals surface area contributed by atoms with E-state index in [4.69, 9.17) is 15.3 Å². The summed E-state index contributed by atoms with van der Waals surface area (Å²) in [4.78, 5) is 9.55. The molecule has 0 aliphatic carbocycles. The van der Waals surface area contributed by atoms with Gasteiger partial charge in [-0.3, -0.25) is 4.79 Å². The van der Waals surface area contributed by atoms with Crippen LogP contribution in [0.5, 0.6) is 5.75 Å². The lowest BCUT2D eigenvalue weighted by Gasteiger charge is -2.10. The molecule has 0 atom stereocenters. The van der Waals surface area contributed by atoms with Crippen molar-refractivity contribution in [1.29, 1.82) is 0 Å². The maximum absolute atomic E-state index is 9.44. The molecule has 1 heterocycles. The molecule has 0 spiro atoms. The molecular weight excluding hydrogens is 336 g/mol. The molecule has 3 rings (SSSR count). The zero-order valence-corrected chi connectivity index (χ0v) is 14.6. The number of anilines is 1. The fourth-order valence-electron chi connectivity index (χ4n) is 2.46. The Balaban J connectivity index is 0.000000701. The number of nitrogen functional groups attached to an aromatic ring is 1. The molecule has 3 aromatic rings. The van der Waals surface area contributed by atoms with Gasteiger partial charge in [0, 0.05) is 16.1 Å². The van der Waals surface area contributed by atoms with Gasteiger partial charge in [0.2, 0.25) is 6.41 Å². The quantitative estimate of drug-likeness (QED) is 0.493. The predicted molar refractivity (Wildman–Crippen MR) is 102 cm³/mol. The lowest BCUT2D eigenvalue weighted by Crippen LogP contribution is -1.92. The molecule has 0 saturated heterocycles. The number of thiophene rings is 1. The summed E-state index contributed by atoms with van der Waals surface area (Å²) in [6.45, 7) is 0.0508. The third kappa shape index (κ3) is 4.37. The lowest BCUT2D eigenvalue weighted by atomic mass is 9.98. The zero-order chi connectivity index (χ0) is 18.2. The normalized spacial score (nSPS) is 9.84. The minimum atomic E-state index is 0.0508. The molecule has 5 nitrogen and oxygen atoms in total. The van der Waals surface area contributed by atoms with Crippen LogP contribution in [0.2, 0.25) is 0 Å². The van der Waals surface area contributed by atoms with E-state index in [2.05, 4.69) is 11.8 Å². The molecule has 0 aliphatic rings. The highest BCUT2D eigenvalue weighted by atomic mass is 32.1. The van der Waals surface area contributed by atoms with Crippen molar-refractivity contribution in [2.75, 3.05) is 12.8 Å². The van der Waals surface area contributed by atoms with Crippen LogP contribution in [0.25, 0.3) is 22.3 Å². The molecule has 0 radical (unpaired) electrons. The second-order valence-corrected chi connectivity index (χ2v) is 6.08. The first-order valence-corrected chi connectivity index (χ1v) is 8.39. The van der Waals surface area contributed by atoms with Gasteiger partial charge in [-0.05, 0) is 52.4 Å². The van der Waals surface area contributed by atoms with Crippen molar-refractivity contribution in [2.45, 2.75) is 6.61 Å². The van der Waals surface area contributed by atoms with Crippen LogP contribution in [0.4, 0.5) is 5.69 Å². The van der Waals surface area contributed by atoms with Gasteiger partial charge in [0.05, 0.1) is 13.7 Å². The van der Waals surface area contributed by atoms with Crippen molar-refractivity contribution in [3.63, 3.8) is 0 Å². The van der Waals surface area contributed by atoms with E-state index in [1.807, 2.05) is 47.8 Å². The largest absolute Gasteiger partial charge is 0.497 e. The van der Waals surface area contributed by atoms with Crippen LogP contribution in [0.15, 0.2) is 53.9 Å². The molecule has 1 aromatic heterocycles. The standard InChI is InChI=1S/C18H17NO2S.CH3NO/c1-21-14-5-2-12(3-6-14)16-10-13(4-7-17(16)19)15-8-9-22-18(15)11-20;2-1-3/h2-10,20H,11,19H2,1H3;1H,(H2,2,3). The Morgan fingerprint density at radius 1 is 1.08 bits per heavy atom. The first-order chi connectivity index (χ1) is 12.1. The van der Waals surface area contributed by atoms with E-state index in [0.717, 1.165) is 38.6 Å². The minimum absolute atomic E-state index is 0.0508. The van der Waals surface area contributed by atoms with E-state index in [9.17, 15) is 5.11 Å². The van der Waals surface area contributed by atoms with Gasteiger partial charge in [-0.1, -0.05) is 18.2 Å². The molecule has 0 bridgehead atoms. The van der Waals surface area contributed by atoms with Crippen LogP contribution in [0.1, 0.15) is 4.88 Å². The molecule has 1 amide bonds. The molecule has 6 heteroatoms. The molecule has 0 unspecified atom stereocenters. The van der Waals surface area contributed by atoms with Crippen LogP contribution in [-0.2, 0) is 11.4 Å². The Labute approximate surface area is 150 Å². The SMILES string of the molecule is COc1ccc(-c2cc(-c3ccsc3CO)ccc2N)cc1.NC=O. The summed E-state index contributed by atoms with van der Waals surface area (Å²) < 4.78 is 5.19. The predicted octanol–water partition coefficient (Wildman–Crippen LogP) is 3.27. The third-order valence-corrected chi connectivity index (χ3v) is 4.56. The summed E-state index contributed by atoms with van der Waals surface area (Å²) in [7, 11) is 1.65. The van der Waals surface area contributed by atoms with Crippen molar-refractivity contribution >= 4 is 23.4 Å². The molecule has 0 aliphatic heterocycles. The molecule has 5 N–H and O–H groups in total. The number of methoxy groups -OCH3 is 1. The maximum atomic E-state index is 9.44. The van der Waals surface area contributed by atoms with Gasteiger partial charge in [0.15, 0.2) is 0 Å². The van der Waals surface area contributed by atoms with Crippen molar-refractivity contribution in [3.05, 3.63) is 58.8 Å². The first kappa shape index (κ1) is 18.5. The first-order valence-electron chi connectivity index (χ1n) is 7.51. The van der Waals surface area contributed by atoms with Crippen LogP contribution in [0.3, 0.4) is 0 Å². The molecule has 0 fully saturated rings. The highest BCUT2D eigenvalue weighted by molar-refractivity contribution is 7.10. The molecule has 130 valence electrons. The number of carbonyl (C=O) groups excluding carboxylic acids is 1. The van der Waals surface area contributed by atoms with Gasteiger partial charge in [-0.15, -0.1) is 11.3 Å². The zero-order valence-electron chi connectivity index (χ0n) is 13.8. The van der Waals surface area contributed by atoms with Gasteiger partial charge < -0.3 is 21.3 Å². The van der Waals surface area contributed by atoms with E-state index < -0.39 is 0 Å². The summed E-state index contributed by atoms with van der Waals surface area (Å²) in [6, 6.07) is 15.8. The van der Waals surface area contributed by atoms with Crippen molar-refractivity contribution in [3.8, 4) is 28.0 Å². The number of hydrogen-bond donors (Lipinski definition) is 3. The second kappa shape index (κ2) is 8.86. The van der Waals surface area contributed by atoms with Crippen LogP contribution < -0.4 is 16.2 Å². The highest BCUT2D eigenvalue weighted by Gasteiger charge is 2.10. The van der Waals surface area contributed by atoms with Gasteiger partial charge in [-0.2, -0.15) is 0 Å². The Kier molecular flexibility index (Phi) is 6.56. The van der Waals surface area contributed by atoms with Gasteiger partial charge in [-0.25, -0.2) is 0 Å². The topological polar surface area (TPSA) is 98.6 Å². The number of aliphatic hydroxyl groups is 1. The van der Waals surface area contributed by atoms with Gasteiger partial charge in [0.1, 0.15) is 5.75 Å². The number of amides is 1. The Morgan fingerprint density at radius 2 is 1.72 bits per heavy atom. The van der Waals surface area contributed by atoms with Crippen LogP contribution >= 0.6 is 11.3 Å². The van der Waals surface area contributed by atoms with Gasteiger partial charge in [0.25, 0.3) is 0 Å². The smallest absolute Gasteiger partial charge is 0.204 e. The fourth-order valence-corrected chi connectivity index (χ4v) is 3.22. The maximum Gasteiger partial charge on any atom is 0.204 e. The summed E-state index contributed by atoms with van der Waals surface area (Å²) in [6.07, 6.45) is 0.250. The van der Waals surface area contributed by atoms with E-state index in [0.29, 0.717) is 0 Å². The van der Waals surface area contributed by atoms with Crippen molar-refractivity contribution in [1.82, 2.24) is 0 Å². The van der Waals surface area contributed by atoms with E-state index >= 15 is 0 Å². The number of benzene rings is 2. The second-order valence-electron chi connectivity index (χ2n) is 5.08. The van der Waals surface area contributed by atoms with E-state index in [1.54, 1.807) is 18.4 Å². The molecule has 0 saturated carbocycles. The Morgan fingerprint density at radius 3 is 2.32 bits per heavy atom. The van der Waals surface area contributed by atoms with E-state index in [1.165, 1.54) is 0 Å². The number of primary amides is 1. The number of aliphatic hydroxyl groups excluding tert-OH is 1. The number of nitrogens with two attached hydrogens (primary N) is 2. The van der Waals surface area contributed by atoms with Crippen LogP contribution in [0, 0.1) is 0 Å². The number of carbonyl (C=O) groups is 1. The monoisotopic (exact) mass is 356 g/mol. The highest BCUT2D eigenvalue weighted by Crippen LogP contribution is 2.34. The average Bonchev–Trinajstić information content (AvgIpc) is 3.12. The average molecular weight is 356 g/mol. The van der Waals surface area contributed by atoms with Gasteiger partial charge >= 0.3 is 0 Å². The Hall–Kier alpha value is -2.83. The number of ether oxygens (including phenoxy) is 1. The molecule has 25 heavy (non-hydrogen) atoms. The third-order valence-electron chi connectivity index (χ3n) is 3.65. The molecule has 2 aromatic carbocycles. The number of rotatable bonds is 4. The van der Waals surface area contributed by atoms with Crippen molar-refractivity contribution in [2.24, 2.45) is 5.73 Å². The summed E-state index contributed by atoms with van der Waals surface area (Å²) in [5.74, 6) is 0.818. The summed E-state index contributed by atoms with van der Waals surface area (Å²) in [5.41, 5.74) is 15.2. The summed E-state index contributed by atoms with van der Waals surface area (Å²) in [5, 5.41) is 11.4. The van der Waals surface area contributed by atoms with Crippen molar-refractivity contribution < 1.29 is 14.6 Å². The number of hydrogen-bond acceptors (Lipinski definition) is 5.